The van der Waals surface area contributed by atoms with E-state index in [0.717, 1.165) is 17.8 Å². The fourth-order valence-corrected chi connectivity index (χ4v) is 2.94. The van der Waals surface area contributed by atoms with Crippen LogP contribution in [0.2, 0.25) is 0 Å². The summed E-state index contributed by atoms with van der Waals surface area (Å²) in [7, 11) is 0. The van der Waals surface area contributed by atoms with Gasteiger partial charge in [0.2, 0.25) is 0 Å². The number of rotatable bonds is 3. The van der Waals surface area contributed by atoms with Crippen molar-refractivity contribution in [1.82, 2.24) is 4.98 Å². The summed E-state index contributed by atoms with van der Waals surface area (Å²) in [5.41, 5.74) is 3.65. The Kier molecular flexibility index (Phi) is 3.84. The van der Waals surface area contributed by atoms with Crippen molar-refractivity contribution in [3.05, 3.63) is 53.9 Å². The number of hydrogen-bond acceptors (Lipinski definition) is 3. The first-order valence-electron chi connectivity index (χ1n) is 7.70. The van der Waals surface area contributed by atoms with Crippen LogP contribution < -0.4 is 10.2 Å². The lowest BCUT2D eigenvalue weighted by molar-refractivity contribution is 0.0976. The van der Waals surface area contributed by atoms with Gasteiger partial charge in [0.1, 0.15) is 5.69 Å². The Bertz CT molecular complexity index is 679. The molecule has 22 heavy (non-hydrogen) atoms. The van der Waals surface area contributed by atoms with E-state index in [9.17, 15) is 4.79 Å². The van der Waals surface area contributed by atoms with E-state index in [1.54, 1.807) is 12.3 Å². The molecule has 0 aliphatic carbocycles. The van der Waals surface area contributed by atoms with Crippen molar-refractivity contribution >= 4 is 17.3 Å². The number of fused-ring (bicyclic) bond motifs is 1. The van der Waals surface area contributed by atoms with Crippen molar-refractivity contribution in [2.24, 2.45) is 0 Å². The van der Waals surface area contributed by atoms with Crippen LogP contribution in [0.5, 0.6) is 0 Å². The van der Waals surface area contributed by atoms with E-state index in [1.165, 1.54) is 5.56 Å². The number of aromatic nitrogens is 1. The fourth-order valence-electron chi connectivity index (χ4n) is 2.94. The minimum atomic E-state index is -0.0338. The quantitative estimate of drug-likeness (QED) is 0.942. The molecule has 0 saturated carbocycles. The van der Waals surface area contributed by atoms with E-state index in [-0.39, 0.29) is 11.9 Å². The van der Waals surface area contributed by atoms with Crippen molar-refractivity contribution in [2.45, 2.75) is 39.3 Å². The standard InChI is InChI=1S/C18H21N3O/c1-12(2)20-15-8-9-16(19-11-15)18(22)21-13(3)10-14-6-4-5-7-17(14)21/h4-9,11-13,20H,10H2,1-3H3. The molecule has 1 aliphatic heterocycles. The third-order valence-electron chi connectivity index (χ3n) is 3.86. The number of anilines is 2. The van der Waals surface area contributed by atoms with E-state index < -0.39 is 0 Å². The van der Waals surface area contributed by atoms with Crippen LogP contribution in [0, 0.1) is 0 Å². The molecule has 1 unspecified atom stereocenters. The Balaban J connectivity index is 1.85. The third kappa shape index (κ3) is 2.69. The lowest BCUT2D eigenvalue weighted by Crippen LogP contribution is -2.36. The van der Waals surface area contributed by atoms with E-state index in [1.807, 2.05) is 29.2 Å². The molecule has 4 nitrogen and oxygen atoms in total. The average Bonchev–Trinajstić information content (AvgIpc) is 2.82. The number of pyridine rings is 1. The van der Waals surface area contributed by atoms with Gasteiger partial charge in [0, 0.05) is 17.8 Å². The summed E-state index contributed by atoms with van der Waals surface area (Å²) in [6.07, 6.45) is 2.62. The molecule has 0 bridgehead atoms. The Labute approximate surface area is 131 Å². The lowest BCUT2D eigenvalue weighted by Gasteiger charge is -2.22. The minimum absolute atomic E-state index is 0.0338. The average molecular weight is 295 g/mol. The number of carbonyl (C=O) groups excluding carboxylic acids is 1. The van der Waals surface area contributed by atoms with Crippen LogP contribution in [0.4, 0.5) is 11.4 Å². The van der Waals surface area contributed by atoms with Gasteiger partial charge in [-0.3, -0.25) is 4.79 Å². The van der Waals surface area contributed by atoms with E-state index in [2.05, 4.69) is 37.1 Å². The minimum Gasteiger partial charge on any atom is -0.382 e. The molecule has 4 heteroatoms. The highest BCUT2D eigenvalue weighted by molar-refractivity contribution is 6.06. The second-order valence-electron chi connectivity index (χ2n) is 6.09. The van der Waals surface area contributed by atoms with Gasteiger partial charge >= 0.3 is 0 Å². The molecule has 0 spiro atoms. The van der Waals surface area contributed by atoms with Gasteiger partial charge in [0.15, 0.2) is 0 Å². The van der Waals surface area contributed by atoms with Crippen molar-refractivity contribution < 1.29 is 4.79 Å². The molecule has 0 saturated heterocycles. The lowest BCUT2D eigenvalue weighted by atomic mass is 10.1. The van der Waals surface area contributed by atoms with Crippen LogP contribution in [0.1, 0.15) is 36.8 Å². The predicted molar refractivity (Wildman–Crippen MR) is 89.4 cm³/mol. The molecule has 0 fully saturated rings. The number of para-hydroxylation sites is 1. The van der Waals surface area contributed by atoms with Gasteiger partial charge in [0.25, 0.3) is 5.91 Å². The Morgan fingerprint density at radius 2 is 2.05 bits per heavy atom. The second-order valence-corrected chi connectivity index (χ2v) is 6.09. The van der Waals surface area contributed by atoms with E-state index in [4.69, 9.17) is 0 Å². The van der Waals surface area contributed by atoms with Crippen LogP contribution in [0.3, 0.4) is 0 Å². The highest BCUT2D eigenvalue weighted by Gasteiger charge is 2.31. The zero-order valence-corrected chi connectivity index (χ0v) is 13.2. The normalized spacial score (nSPS) is 16.7. The van der Waals surface area contributed by atoms with Crippen molar-refractivity contribution in [3.63, 3.8) is 0 Å². The largest absolute Gasteiger partial charge is 0.382 e. The van der Waals surface area contributed by atoms with Crippen LogP contribution in [-0.4, -0.2) is 23.0 Å². The predicted octanol–water partition coefficient (Wildman–Crippen LogP) is 3.49. The first-order valence-corrected chi connectivity index (χ1v) is 7.70. The molecule has 1 N–H and O–H groups in total. The summed E-state index contributed by atoms with van der Waals surface area (Å²) in [6.45, 7) is 6.22. The Hall–Kier alpha value is -2.36. The zero-order chi connectivity index (χ0) is 15.7. The number of benzene rings is 1. The number of amides is 1. The monoisotopic (exact) mass is 295 g/mol. The Morgan fingerprint density at radius 3 is 2.73 bits per heavy atom. The second kappa shape index (κ2) is 5.79. The molecule has 0 radical (unpaired) electrons. The topological polar surface area (TPSA) is 45.2 Å². The molecule has 1 aliphatic rings. The summed E-state index contributed by atoms with van der Waals surface area (Å²) in [5.74, 6) is -0.0338. The maximum Gasteiger partial charge on any atom is 0.277 e. The molecule has 1 amide bonds. The number of nitrogens with one attached hydrogen (secondary N) is 1. The van der Waals surface area contributed by atoms with Gasteiger partial charge in [0.05, 0.1) is 11.9 Å². The van der Waals surface area contributed by atoms with Gasteiger partial charge in [-0.1, -0.05) is 18.2 Å². The zero-order valence-electron chi connectivity index (χ0n) is 13.2. The Morgan fingerprint density at radius 1 is 1.27 bits per heavy atom. The van der Waals surface area contributed by atoms with Crippen LogP contribution in [0.15, 0.2) is 42.6 Å². The summed E-state index contributed by atoms with van der Waals surface area (Å²) in [5, 5.41) is 3.28. The van der Waals surface area contributed by atoms with Gasteiger partial charge in [-0.05, 0) is 51.0 Å². The molecule has 2 heterocycles. The third-order valence-corrected chi connectivity index (χ3v) is 3.86. The molecule has 3 rings (SSSR count). The number of nitrogens with zero attached hydrogens (tertiary/aromatic N) is 2. The summed E-state index contributed by atoms with van der Waals surface area (Å²) < 4.78 is 0. The molecule has 1 aromatic carbocycles. The smallest absolute Gasteiger partial charge is 0.277 e. The highest BCUT2D eigenvalue weighted by Crippen LogP contribution is 2.32. The molecule has 1 aromatic heterocycles. The van der Waals surface area contributed by atoms with Gasteiger partial charge in [-0.25, -0.2) is 4.98 Å². The summed E-state index contributed by atoms with van der Waals surface area (Å²) in [6, 6.07) is 12.3. The first kappa shape index (κ1) is 14.6. The number of hydrogen-bond donors (Lipinski definition) is 1. The maximum atomic E-state index is 12.8. The first-order chi connectivity index (χ1) is 10.6. The van der Waals surface area contributed by atoms with Crippen molar-refractivity contribution in [2.75, 3.05) is 10.2 Å². The summed E-state index contributed by atoms with van der Waals surface area (Å²) >= 11 is 0. The van der Waals surface area contributed by atoms with E-state index in [0.29, 0.717) is 11.7 Å². The maximum absolute atomic E-state index is 12.8. The fraction of sp³-hybridized carbons (Fsp3) is 0.333. The van der Waals surface area contributed by atoms with Crippen LogP contribution >= 0.6 is 0 Å². The van der Waals surface area contributed by atoms with Crippen LogP contribution in [-0.2, 0) is 6.42 Å². The molecular formula is C18H21N3O. The van der Waals surface area contributed by atoms with Gasteiger partial charge in [-0.2, -0.15) is 0 Å². The molecule has 1 atom stereocenters. The SMILES string of the molecule is CC(C)Nc1ccc(C(=O)N2c3ccccc3CC2C)nc1. The van der Waals surface area contributed by atoms with Gasteiger partial charge < -0.3 is 10.2 Å². The highest BCUT2D eigenvalue weighted by atomic mass is 16.2. The van der Waals surface area contributed by atoms with E-state index >= 15 is 0 Å². The van der Waals surface area contributed by atoms with Crippen molar-refractivity contribution in [1.29, 1.82) is 0 Å². The van der Waals surface area contributed by atoms with Gasteiger partial charge in [-0.15, -0.1) is 0 Å². The van der Waals surface area contributed by atoms with Crippen molar-refractivity contribution in [3.8, 4) is 0 Å². The molecule has 2 aromatic rings. The molecule has 114 valence electrons. The van der Waals surface area contributed by atoms with Crippen LogP contribution in [0.25, 0.3) is 0 Å². The molecular weight excluding hydrogens is 274 g/mol. The number of carbonyl (C=O) groups is 1. The summed E-state index contributed by atoms with van der Waals surface area (Å²) in [4.78, 5) is 19.0.